The van der Waals surface area contributed by atoms with Crippen molar-refractivity contribution in [1.82, 2.24) is 15.3 Å². The SMILES string of the molecule is c1ccc(-c2nc(CC3COCCN3)cs2)nc1. The fourth-order valence-corrected chi connectivity index (χ4v) is 2.82. The van der Waals surface area contributed by atoms with Gasteiger partial charge in [-0.3, -0.25) is 4.98 Å². The summed E-state index contributed by atoms with van der Waals surface area (Å²) < 4.78 is 5.45. The third-order valence-electron chi connectivity index (χ3n) is 2.89. The number of ether oxygens (including phenoxy) is 1. The Hall–Kier alpha value is -1.30. The molecule has 3 heterocycles. The number of aromatic nitrogens is 2. The Kier molecular flexibility index (Phi) is 3.64. The monoisotopic (exact) mass is 261 g/mol. The van der Waals surface area contributed by atoms with Crippen LogP contribution in [0.4, 0.5) is 0 Å². The van der Waals surface area contributed by atoms with Crippen molar-refractivity contribution >= 4 is 11.3 Å². The summed E-state index contributed by atoms with van der Waals surface area (Å²) in [6.45, 7) is 2.52. The fourth-order valence-electron chi connectivity index (χ4n) is 2.01. The van der Waals surface area contributed by atoms with Crippen molar-refractivity contribution in [3.8, 4) is 10.7 Å². The van der Waals surface area contributed by atoms with E-state index in [2.05, 4.69) is 20.7 Å². The first-order valence-electron chi connectivity index (χ1n) is 6.09. The van der Waals surface area contributed by atoms with E-state index in [0.29, 0.717) is 6.04 Å². The molecular weight excluding hydrogens is 246 g/mol. The largest absolute Gasteiger partial charge is 0.379 e. The number of morpholine rings is 1. The van der Waals surface area contributed by atoms with E-state index < -0.39 is 0 Å². The molecule has 4 nitrogen and oxygen atoms in total. The maximum Gasteiger partial charge on any atom is 0.142 e. The van der Waals surface area contributed by atoms with Crippen LogP contribution in [-0.2, 0) is 11.2 Å². The minimum Gasteiger partial charge on any atom is -0.379 e. The van der Waals surface area contributed by atoms with Gasteiger partial charge in [-0.2, -0.15) is 0 Å². The van der Waals surface area contributed by atoms with Crippen LogP contribution in [0.2, 0.25) is 0 Å². The summed E-state index contributed by atoms with van der Waals surface area (Å²) in [4.78, 5) is 8.95. The van der Waals surface area contributed by atoms with Gasteiger partial charge in [-0.1, -0.05) is 6.07 Å². The van der Waals surface area contributed by atoms with Crippen LogP contribution in [0.1, 0.15) is 5.69 Å². The molecular formula is C13H15N3OS. The molecule has 1 unspecified atom stereocenters. The van der Waals surface area contributed by atoms with Crippen LogP contribution < -0.4 is 5.32 Å². The zero-order valence-corrected chi connectivity index (χ0v) is 10.8. The summed E-state index contributed by atoms with van der Waals surface area (Å²) in [7, 11) is 0. The normalized spacial score (nSPS) is 19.9. The Bertz CT molecular complexity index is 494. The molecule has 1 N–H and O–H groups in total. The third kappa shape index (κ3) is 2.75. The number of hydrogen-bond donors (Lipinski definition) is 1. The molecule has 0 spiro atoms. The first-order valence-corrected chi connectivity index (χ1v) is 6.97. The summed E-state index contributed by atoms with van der Waals surface area (Å²) in [6, 6.07) is 6.28. The zero-order chi connectivity index (χ0) is 12.2. The molecule has 1 saturated heterocycles. The standard InChI is InChI=1S/C13H15N3OS/c1-2-4-15-12(3-1)13-16-11(9-18-13)7-10-8-17-6-5-14-10/h1-4,9-10,14H,5-8H2. The Morgan fingerprint density at radius 1 is 1.44 bits per heavy atom. The highest BCUT2D eigenvalue weighted by molar-refractivity contribution is 7.13. The Labute approximate surface area is 110 Å². The van der Waals surface area contributed by atoms with E-state index >= 15 is 0 Å². The van der Waals surface area contributed by atoms with Gasteiger partial charge >= 0.3 is 0 Å². The number of hydrogen-bond acceptors (Lipinski definition) is 5. The summed E-state index contributed by atoms with van der Waals surface area (Å²) >= 11 is 1.65. The maximum atomic E-state index is 5.45. The first-order chi connectivity index (χ1) is 8.92. The van der Waals surface area contributed by atoms with Crippen molar-refractivity contribution in [3.05, 3.63) is 35.5 Å². The minimum absolute atomic E-state index is 0.387. The molecule has 1 aliphatic heterocycles. The third-order valence-corrected chi connectivity index (χ3v) is 3.80. The van der Waals surface area contributed by atoms with E-state index in [1.807, 2.05) is 18.2 Å². The Morgan fingerprint density at radius 3 is 3.22 bits per heavy atom. The van der Waals surface area contributed by atoms with Crippen molar-refractivity contribution < 1.29 is 4.74 Å². The average Bonchev–Trinajstić information content (AvgIpc) is 2.89. The molecule has 0 saturated carbocycles. The first kappa shape index (κ1) is 11.8. The highest BCUT2D eigenvalue weighted by Gasteiger charge is 2.15. The van der Waals surface area contributed by atoms with Crippen molar-refractivity contribution in [2.75, 3.05) is 19.8 Å². The van der Waals surface area contributed by atoms with Gasteiger partial charge in [0, 0.05) is 30.6 Å². The van der Waals surface area contributed by atoms with Crippen molar-refractivity contribution in [3.63, 3.8) is 0 Å². The van der Waals surface area contributed by atoms with Crippen LogP contribution >= 0.6 is 11.3 Å². The van der Waals surface area contributed by atoms with E-state index in [-0.39, 0.29) is 0 Å². The molecule has 1 fully saturated rings. The van der Waals surface area contributed by atoms with Gasteiger partial charge in [-0.25, -0.2) is 4.98 Å². The lowest BCUT2D eigenvalue weighted by Crippen LogP contribution is -2.42. The molecule has 0 aliphatic carbocycles. The predicted molar refractivity (Wildman–Crippen MR) is 71.7 cm³/mol. The smallest absolute Gasteiger partial charge is 0.142 e. The second kappa shape index (κ2) is 5.56. The highest BCUT2D eigenvalue weighted by Crippen LogP contribution is 2.22. The molecule has 0 radical (unpaired) electrons. The van der Waals surface area contributed by atoms with Crippen LogP contribution in [0.5, 0.6) is 0 Å². The highest BCUT2D eigenvalue weighted by atomic mass is 32.1. The number of pyridine rings is 1. The molecule has 2 aromatic rings. The quantitative estimate of drug-likeness (QED) is 0.914. The lowest BCUT2D eigenvalue weighted by Gasteiger charge is -2.22. The topological polar surface area (TPSA) is 47.0 Å². The molecule has 0 bridgehead atoms. The molecule has 2 aromatic heterocycles. The number of nitrogens with one attached hydrogen (secondary N) is 1. The van der Waals surface area contributed by atoms with Crippen molar-refractivity contribution in [2.45, 2.75) is 12.5 Å². The summed E-state index contributed by atoms with van der Waals surface area (Å²) in [5.74, 6) is 0. The van der Waals surface area contributed by atoms with E-state index in [0.717, 1.165) is 42.6 Å². The number of thiazole rings is 1. The fraction of sp³-hybridized carbons (Fsp3) is 0.385. The Morgan fingerprint density at radius 2 is 2.44 bits per heavy atom. The molecule has 94 valence electrons. The van der Waals surface area contributed by atoms with Gasteiger partial charge in [-0.15, -0.1) is 11.3 Å². The van der Waals surface area contributed by atoms with E-state index in [1.54, 1.807) is 17.5 Å². The van der Waals surface area contributed by atoms with Gasteiger partial charge in [0.25, 0.3) is 0 Å². The average molecular weight is 261 g/mol. The molecule has 1 atom stereocenters. The summed E-state index contributed by atoms with van der Waals surface area (Å²) in [5, 5.41) is 6.54. The molecule has 0 aromatic carbocycles. The minimum atomic E-state index is 0.387. The molecule has 3 rings (SSSR count). The molecule has 1 aliphatic rings. The van der Waals surface area contributed by atoms with Crippen LogP contribution in [0.15, 0.2) is 29.8 Å². The van der Waals surface area contributed by atoms with Gasteiger partial charge in [0.15, 0.2) is 0 Å². The predicted octanol–water partition coefficient (Wildman–Crippen LogP) is 1.74. The van der Waals surface area contributed by atoms with Gasteiger partial charge in [0.2, 0.25) is 0 Å². The van der Waals surface area contributed by atoms with E-state index in [1.165, 1.54) is 0 Å². The molecule has 0 amide bonds. The van der Waals surface area contributed by atoms with E-state index in [4.69, 9.17) is 4.74 Å². The van der Waals surface area contributed by atoms with Crippen LogP contribution in [0.3, 0.4) is 0 Å². The zero-order valence-electron chi connectivity index (χ0n) is 10.0. The molecule has 18 heavy (non-hydrogen) atoms. The second-order valence-electron chi connectivity index (χ2n) is 4.29. The van der Waals surface area contributed by atoms with E-state index in [9.17, 15) is 0 Å². The second-order valence-corrected chi connectivity index (χ2v) is 5.15. The van der Waals surface area contributed by atoms with Crippen LogP contribution in [-0.4, -0.2) is 35.8 Å². The summed E-state index contributed by atoms with van der Waals surface area (Å²) in [6.07, 6.45) is 2.72. The number of rotatable bonds is 3. The van der Waals surface area contributed by atoms with Crippen molar-refractivity contribution in [2.24, 2.45) is 0 Å². The molecule has 5 heteroatoms. The van der Waals surface area contributed by atoms with Gasteiger partial charge in [0.05, 0.1) is 24.6 Å². The van der Waals surface area contributed by atoms with Crippen molar-refractivity contribution in [1.29, 1.82) is 0 Å². The lowest BCUT2D eigenvalue weighted by atomic mass is 10.1. The van der Waals surface area contributed by atoms with Gasteiger partial charge in [0.1, 0.15) is 5.01 Å². The van der Waals surface area contributed by atoms with Gasteiger partial charge in [-0.05, 0) is 12.1 Å². The Balaban J connectivity index is 1.69. The number of nitrogens with zero attached hydrogens (tertiary/aromatic N) is 2. The van der Waals surface area contributed by atoms with Gasteiger partial charge < -0.3 is 10.1 Å². The lowest BCUT2D eigenvalue weighted by molar-refractivity contribution is 0.0767. The maximum absolute atomic E-state index is 5.45. The van der Waals surface area contributed by atoms with Crippen LogP contribution in [0.25, 0.3) is 10.7 Å². The summed E-state index contributed by atoms with van der Waals surface area (Å²) in [5.41, 5.74) is 2.06. The van der Waals surface area contributed by atoms with Crippen LogP contribution in [0, 0.1) is 0 Å².